The molecule has 11 nitrogen and oxygen atoms in total. The van der Waals surface area contributed by atoms with Crippen molar-refractivity contribution in [1.29, 1.82) is 0 Å². The van der Waals surface area contributed by atoms with Crippen LogP contribution in [0.2, 0.25) is 0 Å². The van der Waals surface area contributed by atoms with Gasteiger partial charge in [0, 0.05) is 5.56 Å². The SMILES string of the molecule is C[C@@H]1OC(C)(C)O[C@@H]1C(COC(=O)c1ccc(C=O)cc1)OCn1cnc2c(N)ncnc21. The van der Waals surface area contributed by atoms with E-state index in [9.17, 15) is 9.59 Å². The zero-order valence-electron chi connectivity index (χ0n) is 18.5. The van der Waals surface area contributed by atoms with Crippen LogP contribution in [0.15, 0.2) is 36.9 Å². The molecule has 1 aromatic carbocycles. The van der Waals surface area contributed by atoms with E-state index in [4.69, 9.17) is 24.7 Å². The minimum absolute atomic E-state index is 0.0657. The largest absolute Gasteiger partial charge is 0.459 e. The van der Waals surface area contributed by atoms with E-state index in [0.29, 0.717) is 28.6 Å². The maximum absolute atomic E-state index is 12.5. The van der Waals surface area contributed by atoms with Gasteiger partial charge in [0.2, 0.25) is 0 Å². The molecular formula is C22H25N5O6. The number of fused-ring (bicyclic) bond motifs is 1. The number of anilines is 1. The zero-order valence-corrected chi connectivity index (χ0v) is 18.5. The van der Waals surface area contributed by atoms with Crippen molar-refractivity contribution in [3.8, 4) is 0 Å². The Labute approximate surface area is 189 Å². The highest BCUT2D eigenvalue weighted by atomic mass is 16.8. The predicted molar refractivity (Wildman–Crippen MR) is 116 cm³/mol. The molecule has 174 valence electrons. The maximum atomic E-state index is 12.5. The summed E-state index contributed by atoms with van der Waals surface area (Å²) in [4.78, 5) is 35.7. The Morgan fingerprint density at radius 3 is 2.67 bits per heavy atom. The van der Waals surface area contributed by atoms with Crippen molar-refractivity contribution in [2.75, 3.05) is 12.3 Å². The van der Waals surface area contributed by atoms with Crippen LogP contribution in [-0.4, -0.2) is 62.5 Å². The number of nitrogens with zero attached hydrogens (tertiary/aromatic N) is 4. The lowest BCUT2D eigenvalue weighted by atomic mass is 10.1. The first-order valence-electron chi connectivity index (χ1n) is 10.4. The Bertz CT molecular complexity index is 1150. The number of carbonyl (C=O) groups excluding carboxylic acids is 2. The molecule has 2 aromatic heterocycles. The number of carbonyl (C=O) groups is 2. The van der Waals surface area contributed by atoms with Gasteiger partial charge >= 0.3 is 5.97 Å². The van der Waals surface area contributed by atoms with Crippen LogP contribution in [-0.2, 0) is 25.7 Å². The Balaban J connectivity index is 1.48. The molecule has 1 aliphatic rings. The van der Waals surface area contributed by atoms with Gasteiger partial charge in [0.05, 0.1) is 18.0 Å². The van der Waals surface area contributed by atoms with Crippen molar-refractivity contribution in [2.24, 2.45) is 0 Å². The fourth-order valence-corrected chi connectivity index (χ4v) is 3.69. The number of aldehydes is 1. The zero-order chi connectivity index (χ0) is 23.6. The lowest BCUT2D eigenvalue weighted by Gasteiger charge is -2.25. The van der Waals surface area contributed by atoms with Crippen LogP contribution >= 0.6 is 0 Å². The molecule has 0 spiro atoms. The molecule has 2 N–H and O–H groups in total. The highest BCUT2D eigenvalue weighted by Gasteiger charge is 2.44. The van der Waals surface area contributed by atoms with Crippen LogP contribution in [0.1, 0.15) is 41.5 Å². The average Bonchev–Trinajstić information content (AvgIpc) is 3.33. The van der Waals surface area contributed by atoms with E-state index >= 15 is 0 Å². The van der Waals surface area contributed by atoms with E-state index in [1.807, 2.05) is 20.8 Å². The van der Waals surface area contributed by atoms with E-state index < -0.39 is 24.0 Å². The van der Waals surface area contributed by atoms with Crippen molar-refractivity contribution >= 4 is 29.2 Å². The summed E-state index contributed by atoms with van der Waals surface area (Å²) in [6.45, 7) is 5.48. The third-order valence-corrected chi connectivity index (χ3v) is 5.24. The molecule has 1 fully saturated rings. The van der Waals surface area contributed by atoms with Crippen molar-refractivity contribution in [1.82, 2.24) is 19.5 Å². The summed E-state index contributed by atoms with van der Waals surface area (Å²) >= 11 is 0. The number of imidazole rings is 1. The Kier molecular flexibility index (Phi) is 6.36. The Hall–Kier alpha value is -3.41. The molecule has 4 rings (SSSR count). The van der Waals surface area contributed by atoms with Crippen LogP contribution in [0.3, 0.4) is 0 Å². The summed E-state index contributed by atoms with van der Waals surface area (Å²) in [5.41, 5.74) is 7.63. The van der Waals surface area contributed by atoms with Crippen molar-refractivity contribution in [3.63, 3.8) is 0 Å². The summed E-state index contributed by atoms with van der Waals surface area (Å²) in [7, 11) is 0. The number of benzene rings is 1. The van der Waals surface area contributed by atoms with E-state index in [1.54, 1.807) is 23.0 Å². The number of ether oxygens (including phenoxy) is 4. The van der Waals surface area contributed by atoms with Gasteiger partial charge in [-0.05, 0) is 32.9 Å². The average molecular weight is 455 g/mol. The van der Waals surface area contributed by atoms with Gasteiger partial charge in [0.1, 0.15) is 43.7 Å². The first kappa shape index (κ1) is 22.8. The van der Waals surface area contributed by atoms with E-state index in [2.05, 4.69) is 15.0 Å². The molecular weight excluding hydrogens is 430 g/mol. The number of aromatic nitrogens is 4. The molecule has 1 unspecified atom stereocenters. The summed E-state index contributed by atoms with van der Waals surface area (Å²) in [6.07, 6.45) is 2.18. The standard InChI is InChI=1S/C22H25N5O6/c1-13-18(33-22(2,3)32-13)16(9-30-21(29)15-6-4-14(8-28)5-7-15)31-12-27-11-26-17-19(23)24-10-25-20(17)27/h4-8,10-11,13,16,18H,9,12H2,1-3H3,(H2,23,24,25)/t13-,16?,18-/m0/s1. The molecule has 0 amide bonds. The molecule has 33 heavy (non-hydrogen) atoms. The summed E-state index contributed by atoms with van der Waals surface area (Å²) in [6, 6.07) is 6.16. The van der Waals surface area contributed by atoms with Crippen LogP contribution in [0.5, 0.6) is 0 Å². The van der Waals surface area contributed by atoms with Gasteiger partial charge in [0.15, 0.2) is 17.3 Å². The second-order valence-corrected chi connectivity index (χ2v) is 8.12. The molecule has 3 atom stereocenters. The molecule has 11 heteroatoms. The molecule has 0 radical (unpaired) electrons. The van der Waals surface area contributed by atoms with Gasteiger partial charge in [-0.1, -0.05) is 12.1 Å². The molecule has 0 bridgehead atoms. The van der Waals surface area contributed by atoms with Gasteiger partial charge in [-0.25, -0.2) is 19.7 Å². The van der Waals surface area contributed by atoms with Crippen molar-refractivity contribution in [3.05, 3.63) is 48.0 Å². The normalized spacial score (nSPS) is 20.6. The number of nitrogens with two attached hydrogens (primary N) is 1. The molecule has 3 heterocycles. The number of nitrogen functional groups attached to an aromatic ring is 1. The number of rotatable bonds is 8. The summed E-state index contributed by atoms with van der Waals surface area (Å²) in [5.74, 6) is -1.07. The van der Waals surface area contributed by atoms with E-state index in [-0.39, 0.29) is 25.3 Å². The highest BCUT2D eigenvalue weighted by molar-refractivity contribution is 5.90. The smallest absolute Gasteiger partial charge is 0.338 e. The van der Waals surface area contributed by atoms with Gasteiger partial charge in [-0.15, -0.1) is 0 Å². The van der Waals surface area contributed by atoms with Crippen molar-refractivity contribution in [2.45, 2.75) is 51.6 Å². The quantitative estimate of drug-likeness (QED) is 0.396. The number of hydrogen-bond donors (Lipinski definition) is 1. The fourth-order valence-electron chi connectivity index (χ4n) is 3.69. The predicted octanol–water partition coefficient (Wildman–Crippen LogP) is 1.96. The monoisotopic (exact) mass is 455 g/mol. The molecule has 0 saturated carbocycles. The van der Waals surface area contributed by atoms with Crippen LogP contribution in [0.4, 0.5) is 5.82 Å². The first-order valence-corrected chi connectivity index (χ1v) is 10.4. The van der Waals surface area contributed by atoms with Gasteiger partial charge in [-0.3, -0.25) is 9.36 Å². The third-order valence-electron chi connectivity index (χ3n) is 5.24. The van der Waals surface area contributed by atoms with Crippen LogP contribution in [0, 0.1) is 0 Å². The number of esters is 1. The topological polar surface area (TPSA) is 141 Å². The minimum atomic E-state index is -0.802. The Morgan fingerprint density at radius 1 is 1.24 bits per heavy atom. The molecule has 3 aromatic rings. The summed E-state index contributed by atoms with van der Waals surface area (Å²) in [5, 5.41) is 0. The summed E-state index contributed by atoms with van der Waals surface area (Å²) < 4.78 is 25.2. The van der Waals surface area contributed by atoms with Gasteiger partial charge in [0.25, 0.3) is 0 Å². The Morgan fingerprint density at radius 2 is 2.00 bits per heavy atom. The van der Waals surface area contributed by atoms with Crippen molar-refractivity contribution < 1.29 is 28.5 Å². The first-order chi connectivity index (χ1) is 15.8. The van der Waals surface area contributed by atoms with Gasteiger partial charge in [-0.2, -0.15) is 0 Å². The minimum Gasteiger partial charge on any atom is -0.459 e. The molecule has 1 aliphatic heterocycles. The maximum Gasteiger partial charge on any atom is 0.338 e. The van der Waals surface area contributed by atoms with E-state index in [1.165, 1.54) is 18.5 Å². The van der Waals surface area contributed by atoms with Crippen LogP contribution < -0.4 is 5.73 Å². The van der Waals surface area contributed by atoms with E-state index in [0.717, 1.165) is 0 Å². The van der Waals surface area contributed by atoms with Gasteiger partial charge < -0.3 is 24.7 Å². The van der Waals surface area contributed by atoms with Crippen LogP contribution in [0.25, 0.3) is 11.2 Å². The lowest BCUT2D eigenvalue weighted by molar-refractivity contribution is -0.166. The molecule has 1 saturated heterocycles. The second kappa shape index (κ2) is 9.22. The second-order valence-electron chi connectivity index (χ2n) is 8.12. The fraction of sp³-hybridized carbons (Fsp3) is 0.409. The third kappa shape index (κ3) is 5.00. The lowest BCUT2D eigenvalue weighted by Crippen LogP contribution is -2.40. The number of hydrogen-bond acceptors (Lipinski definition) is 10. The molecule has 0 aliphatic carbocycles. The highest BCUT2D eigenvalue weighted by Crippen LogP contribution is 2.31.